The van der Waals surface area contributed by atoms with Crippen molar-refractivity contribution in [1.82, 2.24) is 15.5 Å². The van der Waals surface area contributed by atoms with E-state index in [1.807, 2.05) is 7.05 Å². The van der Waals surface area contributed by atoms with Crippen LogP contribution in [-0.4, -0.2) is 51.2 Å². The molecule has 27 heavy (non-hydrogen) atoms. The highest BCUT2D eigenvalue weighted by Gasteiger charge is 2.22. The van der Waals surface area contributed by atoms with E-state index < -0.39 is 0 Å². The highest BCUT2D eigenvalue weighted by atomic mass is 16.5. The number of aliphatic imine (C=N–C) groups is 1. The van der Waals surface area contributed by atoms with Crippen LogP contribution >= 0.6 is 0 Å². The maximum atomic E-state index is 6.07. The Morgan fingerprint density at radius 2 is 1.93 bits per heavy atom. The van der Waals surface area contributed by atoms with Gasteiger partial charge in [-0.15, -0.1) is 0 Å². The lowest BCUT2D eigenvalue weighted by Gasteiger charge is -2.29. The van der Waals surface area contributed by atoms with Crippen molar-refractivity contribution in [3.63, 3.8) is 0 Å². The summed E-state index contributed by atoms with van der Waals surface area (Å²) in [5.74, 6) is 3.49. The number of nitrogens with zero attached hydrogens (tertiary/aromatic N) is 2. The van der Waals surface area contributed by atoms with Crippen LogP contribution in [0.3, 0.4) is 0 Å². The second kappa shape index (κ2) is 9.98. The number of hydrogen-bond donors (Lipinski definition) is 2. The third-order valence-corrected chi connectivity index (χ3v) is 5.75. The van der Waals surface area contributed by atoms with Crippen LogP contribution in [0.1, 0.15) is 43.2 Å². The van der Waals surface area contributed by atoms with Crippen LogP contribution in [0.5, 0.6) is 5.75 Å². The Morgan fingerprint density at radius 3 is 2.63 bits per heavy atom. The van der Waals surface area contributed by atoms with Crippen LogP contribution in [0, 0.1) is 18.8 Å². The Morgan fingerprint density at radius 1 is 1.15 bits per heavy atom. The van der Waals surface area contributed by atoms with E-state index in [1.165, 1.54) is 56.3 Å². The minimum absolute atomic E-state index is 0.730. The van der Waals surface area contributed by atoms with Crippen molar-refractivity contribution >= 4 is 5.96 Å². The molecule has 3 rings (SSSR count). The zero-order chi connectivity index (χ0) is 19.1. The number of piperidine rings is 1. The third kappa shape index (κ3) is 6.73. The van der Waals surface area contributed by atoms with Crippen molar-refractivity contribution < 1.29 is 4.74 Å². The molecular weight excluding hydrogens is 336 g/mol. The minimum atomic E-state index is 0.730. The molecule has 5 nitrogen and oxygen atoms in total. The second-order valence-electron chi connectivity index (χ2n) is 8.25. The molecule has 0 unspecified atom stereocenters. The zero-order valence-corrected chi connectivity index (χ0v) is 17.3. The number of guanidine groups is 1. The van der Waals surface area contributed by atoms with Crippen LogP contribution in [0.15, 0.2) is 23.2 Å². The summed E-state index contributed by atoms with van der Waals surface area (Å²) in [6, 6.07) is 6.46. The molecule has 0 aromatic heterocycles. The van der Waals surface area contributed by atoms with E-state index >= 15 is 0 Å². The predicted octanol–water partition coefficient (Wildman–Crippen LogP) is 3.18. The first kappa shape index (κ1) is 20.0. The van der Waals surface area contributed by atoms with Crippen LogP contribution in [0.4, 0.5) is 0 Å². The molecule has 0 atom stereocenters. The summed E-state index contributed by atoms with van der Waals surface area (Å²) >= 11 is 0. The first-order chi connectivity index (χ1) is 13.1. The van der Waals surface area contributed by atoms with Gasteiger partial charge in [0.1, 0.15) is 5.75 Å². The fourth-order valence-corrected chi connectivity index (χ4v) is 3.58. The Kier molecular flexibility index (Phi) is 7.39. The van der Waals surface area contributed by atoms with E-state index in [0.717, 1.165) is 43.2 Å². The van der Waals surface area contributed by atoms with Crippen LogP contribution in [0.2, 0.25) is 0 Å². The summed E-state index contributed by atoms with van der Waals surface area (Å²) in [5.41, 5.74) is 2.43. The number of benzene rings is 1. The third-order valence-electron chi connectivity index (χ3n) is 5.75. The largest absolute Gasteiger partial charge is 0.493 e. The predicted molar refractivity (Wildman–Crippen MR) is 112 cm³/mol. The van der Waals surface area contributed by atoms with Gasteiger partial charge >= 0.3 is 0 Å². The first-order valence-corrected chi connectivity index (χ1v) is 10.5. The van der Waals surface area contributed by atoms with Gasteiger partial charge in [-0.25, -0.2) is 0 Å². The highest BCUT2D eigenvalue weighted by Crippen LogP contribution is 2.30. The molecular formula is C22H36N4O. The van der Waals surface area contributed by atoms with Gasteiger partial charge in [-0.05, 0) is 82.6 Å². The summed E-state index contributed by atoms with van der Waals surface area (Å²) in [5, 5.41) is 6.92. The van der Waals surface area contributed by atoms with Crippen molar-refractivity contribution in [2.45, 2.75) is 45.6 Å². The quantitative estimate of drug-likeness (QED) is 0.544. The van der Waals surface area contributed by atoms with Gasteiger partial charge in [-0.3, -0.25) is 4.99 Å². The lowest BCUT2D eigenvalue weighted by molar-refractivity contribution is 0.213. The molecule has 5 heteroatoms. The lowest BCUT2D eigenvalue weighted by atomic mass is 9.94. The van der Waals surface area contributed by atoms with Gasteiger partial charge in [0.05, 0.1) is 6.61 Å². The number of aryl methyl sites for hydroxylation is 1. The van der Waals surface area contributed by atoms with Crippen LogP contribution < -0.4 is 15.4 Å². The van der Waals surface area contributed by atoms with E-state index in [0.29, 0.717) is 0 Å². The number of rotatable bonds is 8. The Labute approximate surface area is 164 Å². The summed E-state index contributed by atoms with van der Waals surface area (Å²) in [4.78, 5) is 6.80. The summed E-state index contributed by atoms with van der Waals surface area (Å²) in [6.45, 7) is 7.13. The fourth-order valence-electron chi connectivity index (χ4n) is 3.58. The van der Waals surface area contributed by atoms with Crippen molar-refractivity contribution in [3.8, 4) is 5.75 Å². The Bertz CT molecular complexity index is 619. The maximum Gasteiger partial charge on any atom is 0.191 e. The smallest absolute Gasteiger partial charge is 0.191 e. The van der Waals surface area contributed by atoms with E-state index in [2.05, 4.69) is 52.7 Å². The molecule has 1 saturated carbocycles. The normalized spacial score (nSPS) is 19.1. The molecule has 1 aliphatic heterocycles. The topological polar surface area (TPSA) is 48.9 Å². The number of nitrogens with one attached hydrogen (secondary N) is 2. The molecule has 0 radical (unpaired) electrons. The van der Waals surface area contributed by atoms with Gasteiger partial charge in [-0.2, -0.15) is 0 Å². The van der Waals surface area contributed by atoms with Gasteiger partial charge in [0, 0.05) is 25.7 Å². The first-order valence-electron chi connectivity index (χ1n) is 10.5. The molecule has 1 aromatic carbocycles. The average molecular weight is 373 g/mol. The van der Waals surface area contributed by atoms with Gasteiger partial charge < -0.3 is 20.3 Å². The molecule has 1 heterocycles. The van der Waals surface area contributed by atoms with Gasteiger partial charge in [-0.1, -0.05) is 12.1 Å². The molecule has 2 aliphatic rings. The summed E-state index contributed by atoms with van der Waals surface area (Å²) < 4.78 is 6.07. The summed E-state index contributed by atoms with van der Waals surface area (Å²) in [6.07, 6.45) is 6.47. The van der Waals surface area contributed by atoms with Gasteiger partial charge in [0.25, 0.3) is 0 Å². The molecule has 0 bridgehead atoms. The van der Waals surface area contributed by atoms with Crippen LogP contribution in [-0.2, 0) is 6.54 Å². The molecule has 1 aliphatic carbocycles. The zero-order valence-electron chi connectivity index (χ0n) is 17.3. The minimum Gasteiger partial charge on any atom is -0.493 e. The number of hydrogen-bond acceptors (Lipinski definition) is 3. The van der Waals surface area contributed by atoms with Crippen LogP contribution in [0.25, 0.3) is 0 Å². The Hall–Kier alpha value is -1.75. The van der Waals surface area contributed by atoms with Crippen molar-refractivity contribution in [3.05, 3.63) is 29.3 Å². The fraction of sp³-hybridized carbons (Fsp3) is 0.682. The monoisotopic (exact) mass is 372 g/mol. The second-order valence-corrected chi connectivity index (χ2v) is 8.25. The summed E-state index contributed by atoms with van der Waals surface area (Å²) in [7, 11) is 4.05. The molecule has 2 N–H and O–H groups in total. The van der Waals surface area contributed by atoms with Gasteiger partial charge in [0.2, 0.25) is 0 Å². The highest BCUT2D eigenvalue weighted by molar-refractivity contribution is 5.79. The molecule has 0 amide bonds. The molecule has 1 saturated heterocycles. The maximum absolute atomic E-state index is 6.07. The Balaban J connectivity index is 1.43. The SMILES string of the molecule is CN=C(NCCC1CCN(C)CC1)NCc1ccc(C)cc1OCC1CC1. The van der Waals surface area contributed by atoms with E-state index in [9.17, 15) is 0 Å². The van der Waals surface area contributed by atoms with Crippen molar-refractivity contribution in [1.29, 1.82) is 0 Å². The van der Waals surface area contributed by atoms with E-state index in [4.69, 9.17) is 4.74 Å². The molecule has 0 spiro atoms. The standard InChI is InChI=1S/C22H36N4O/c1-17-4-7-20(21(14-17)27-16-19-5-6-19)15-25-22(23-2)24-11-8-18-9-12-26(3)13-10-18/h4,7,14,18-19H,5-6,8-13,15-16H2,1-3H3,(H2,23,24,25). The molecule has 150 valence electrons. The van der Waals surface area contributed by atoms with Gasteiger partial charge in [0.15, 0.2) is 5.96 Å². The van der Waals surface area contributed by atoms with Crippen molar-refractivity contribution in [2.24, 2.45) is 16.8 Å². The lowest BCUT2D eigenvalue weighted by Crippen LogP contribution is -2.38. The van der Waals surface area contributed by atoms with E-state index in [1.54, 1.807) is 0 Å². The molecule has 2 fully saturated rings. The number of likely N-dealkylation sites (tertiary alicyclic amines) is 1. The van der Waals surface area contributed by atoms with E-state index in [-0.39, 0.29) is 0 Å². The number of ether oxygens (including phenoxy) is 1. The molecule has 1 aromatic rings. The average Bonchev–Trinajstić information content (AvgIpc) is 3.50. The van der Waals surface area contributed by atoms with Crippen molar-refractivity contribution in [2.75, 3.05) is 40.3 Å².